The Kier molecular flexibility index (Phi) is 7.55. The van der Waals surface area contributed by atoms with E-state index >= 15 is 0 Å². The molecule has 7 heteroatoms. The Hall–Kier alpha value is -0.400. The maximum atomic E-state index is 11.4. The fourth-order valence-electron chi connectivity index (χ4n) is 2.52. The normalized spacial score (nSPS) is 24.4. The molecule has 0 heterocycles. The number of carbonyl (C=O) groups is 2. The Bertz CT molecular complexity index is 397. The van der Waals surface area contributed by atoms with Gasteiger partial charge >= 0.3 is 11.9 Å². The molecule has 5 nitrogen and oxygen atoms in total. The average Bonchev–Trinajstić information content (AvgIpc) is 2.33. The summed E-state index contributed by atoms with van der Waals surface area (Å²) >= 11 is 0. The molecular formula is C15H27NO4S2. The third kappa shape index (κ3) is 6.01. The summed E-state index contributed by atoms with van der Waals surface area (Å²) < 4.78 is 0. The molecule has 1 rings (SSSR count). The van der Waals surface area contributed by atoms with Crippen molar-refractivity contribution in [2.75, 3.05) is 11.5 Å². The molecule has 0 radical (unpaired) electrons. The van der Waals surface area contributed by atoms with E-state index in [1.54, 1.807) is 6.92 Å². The fraction of sp³-hybridized carbons (Fsp3) is 0.867. The Morgan fingerprint density at radius 3 is 2.14 bits per heavy atom. The number of carboxylic acid groups (broad SMARTS) is 2. The van der Waals surface area contributed by atoms with E-state index in [2.05, 4.69) is 26.1 Å². The van der Waals surface area contributed by atoms with Gasteiger partial charge in [-0.25, -0.2) is 0 Å². The number of carboxylic acids is 2. The molecule has 0 saturated heterocycles. The Balaban J connectivity index is 2.37. The Morgan fingerprint density at radius 1 is 1.14 bits per heavy atom. The van der Waals surface area contributed by atoms with E-state index in [0.29, 0.717) is 17.4 Å². The lowest BCUT2D eigenvalue weighted by molar-refractivity contribution is -0.141. The number of hydrogen-bond acceptors (Lipinski definition) is 5. The molecule has 2 unspecified atom stereocenters. The molecule has 0 spiro atoms. The first-order valence-corrected chi connectivity index (χ1v) is 10.1. The molecule has 4 atom stereocenters. The summed E-state index contributed by atoms with van der Waals surface area (Å²) in [5, 5.41) is 21.4. The van der Waals surface area contributed by atoms with Gasteiger partial charge in [-0.3, -0.25) is 9.59 Å². The maximum absolute atomic E-state index is 11.4. The molecular weight excluding hydrogens is 322 g/mol. The third-order valence-corrected chi connectivity index (χ3v) is 6.75. The van der Waals surface area contributed by atoms with E-state index in [0.717, 1.165) is 12.8 Å². The summed E-state index contributed by atoms with van der Waals surface area (Å²) in [5.41, 5.74) is 0.192. The van der Waals surface area contributed by atoms with E-state index in [9.17, 15) is 14.7 Å². The predicted octanol–water partition coefficient (Wildman–Crippen LogP) is 2.96. The first-order chi connectivity index (χ1) is 10.1. The van der Waals surface area contributed by atoms with Crippen LogP contribution < -0.4 is 5.32 Å². The molecule has 22 heavy (non-hydrogen) atoms. The molecule has 0 aromatic heterocycles. The second-order valence-electron chi connectivity index (χ2n) is 7.02. The highest BCUT2D eigenvalue weighted by Crippen LogP contribution is 2.41. The monoisotopic (exact) mass is 349 g/mol. The molecule has 0 amide bonds. The zero-order valence-electron chi connectivity index (χ0n) is 13.7. The van der Waals surface area contributed by atoms with Crippen molar-refractivity contribution in [1.29, 1.82) is 0 Å². The second-order valence-corrected chi connectivity index (χ2v) is 9.57. The first-order valence-electron chi connectivity index (χ1n) is 7.59. The van der Waals surface area contributed by atoms with Gasteiger partial charge in [-0.2, -0.15) is 0 Å². The van der Waals surface area contributed by atoms with E-state index in [1.807, 2.05) is 0 Å². The molecule has 1 fully saturated rings. The quantitative estimate of drug-likeness (QED) is 0.436. The molecule has 1 saturated carbocycles. The van der Waals surface area contributed by atoms with Crippen molar-refractivity contribution in [2.24, 2.45) is 17.3 Å². The van der Waals surface area contributed by atoms with E-state index in [1.165, 1.54) is 21.6 Å². The van der Waals surface area contributed by atoms with Crippen molar-refractivity contribution >= 4 is 33.5 Å². The first kappa shape index (κ1) is 19.6. The van der Waals surface area contributed by atoms with Crippen molar-refractivity contribution < 1.29 is 19.8 Å². The Morgan fingerprint density at radius 2 is 1.73 bits per heavy atom. The van der Waals surface area contributed by atoms with Crippen LogP contribution in [0.15, 0.2) is 0 Å². The summed E-state index contributed by atoms with van der Waals surface area (Å²) in [6.07, 6.45) is 2.17. The highest BCUT2D eigenvalue weighted by atomic mass is 33.1. The van der Waals surface area contributed by atoms with Crippen molar-refractivity contribution in [1.82, 2.24) is 5.32 Å². The minimum absolute atomic E-state index is 0.192. The van der Waals surface area contributed by atoms with Gasteiger partial charge in [-0.1, -0.05) is 49.3 Å². The van der Waals surface area contributed by atoms with Crippen LogP contribution >= 0.6 is 21.6 Å². The van der Waals surface area contributed by atoms with Crippen LogP contribution in [0.3, 0.4) is 0 Å². The largest absolute Gasteiger partial charge is 0.481 e. The minimum Gasteiger partial charge on any atom is -0.481 e. The maximum Gasteiger partial charge on any atom is 0.321 e. The molecule has 0 aromatic rings. The highest BCUT2D eigenvalue weighted by molar-refractivity contribution is 8.76. The lowest BCUT2D eigenvalue weighted by atomic mass is 9.65. The summed E-state index contributed by atoms with van der Waals surface area (Å²) in [6.45, 7) is 8.24. The lowest BCUT2D eigenvalue weighted by Gasteiger charge is -2.46. The molecule has 3 N–H and O–H groups in total. The van der Waals surface area contributed by atoms with Crippen LogP contribution in [0.2, 0.25) is 0 Å². The predicted molar refractivity (Wildman–Crippen MR) is 92.2 cm³/mol. The molecule has 0 aliphatic heterocycles. The van der Waals surface area contributed by atoms with Gasteiger partial charge in [-0.05, 0) is 24.2 Å². The highest BCUT2D eigenvalue weighted by Gasteiger charge is 2.40. The number of nitrogens with one attached hydrogen (secondary N) is 1. The topological polar surface area (TPSA) is 86.6 Å². The smallest absolute Gasteiger partial charge is 0.321 e. The van der Waals surface area contributed by atoms with Gasteiger partial charge < -0.3 is 15.5 Å². The summed E-state index contributed by atoms with van der Waals surface area (Å²) in [7, 11) is 2.86. The fourth-order valence-corrected chi connectivity index (χ4v) is 5.03. The second kappa shape index (κ2) is 8.45. The Labute approximate surface area is 140 Å². The van der Waals surface area contributed by atoms with E-state index < -0.39 is 23.9 Å². The van der Waals surface area contributed by atoms with Gasteiger partial charge in [0.05, 0.1) is 5.92 Å². The average molecular weight is 350 g/mol. The standard InChI is InChI=1S/C15H27NO4S2/c1-9(13(17)18)7-21-22-8-12(14(19)20)16-11-6-5-10(11)15(2,3)4/h9-12,16H,5-8H2,1-4H3,(H,17,18)(H,19,20)/t9-,10?,11?,12+/m0/s1. The summed E-state index contributed by atoms with van der Waals surface area (Å²) in [5.74, 6) is -0.618. The van der Waals surface area contributed by atoms with E-state index in [-0.39, 0.29) is 11.5 Å². The minimum atomic E-state index is -0.834. The van der Waals surface area contributed by atoms with Crippen LogP contribution in [-0.2, 0) is 9.59 Å². The van der Waals surface area contributed by atoms with Crippen LogP contribution in [0.4, 0.5) is 0 Å². The number of aliphatic carboxylic acids is 2. The van der Waals surface area contributed by atoms with Crippen molar-refractivity contribution in [3.63, 3.8) is 0 Å². The third-order valence-electron chi connectivity index (χ3n) is 4.16. The zero-order chi connectivity index (χ0) is 16.9. The van der Waals surface area contributed by atoms with Gasteiger partial charge in [0.1, 0.15) is 6.04 Å². The summed E-state index contributed by atoms with van der Waals surface area (Å²) in [6, 6.07) is -0.308. The lowest BCUT2D eigenvalue weighted by Crippen LogP contribution is -2.55. The van der Waals surface area contributed by atoms with Crippen molar-refractivity contribution in [3.8, 4) is 0 Å². The zero-order valence-corrected chi connectivity index (χ0v) is 15.3. The SMILES string of the molecule is C[C@@H](CSSC[C@@H](NC1CCC1C(C)(C)C)C(=O)O)C(=O)O. The van der Waals surface area contributed by atoms with Crippen LogP contribution in [0, 0.1) is 17.3 Å². The van der Waals surface area contributed by atoms with Gasteiger partial charge in [0.2, 0.25) is 0 Å². The number of hydrogen-bond donors (Lipinski definition) is 3. The van der Waals surface area contributed by atoms with Crippen LogP contribution in [-0.4, -0.2) is 45.7 Å². The molecule has 0 bridgehead atoms. The van der Waals surface area contributed by atoms with Gasteiger partial charge in [0.15, 0.2) is 0 Å². The number of rotatable bonds is 9. The summed E-state index contributed by atoms with van der Waals surface area (Å²) in [4.78, 5) is 22.1. The molecule has 1 aliphatic carbocycles. The van der Waals surface area contributed by atoms with Crippen molar-refractivity contribution in [2.45, 2.75) is 52.6 Å². The molecule has 128 valence electrons. The van der Waals surface area contributed by atoms with Crippen molar-refractivity contribution in [3.05, 3.63) is 0 Å². The molecule has 0 aromatic carbocycles. The van der Waals surface area contributed by atoms with Gasteiger partial charge in [0.25, 0.3) is 0 Å². The van der Waals surface area contributed by atoms with Crippen LogP contribution in [0.25, 0.3) is 0 Å². The van der Waals surface area contributed by atoms with Crippen LogP contribution in [0.1, 0.15) is 40.5 Å². The van der Waals surface area contributed by atoms with E-state index in [4.69, 9.17) is 5.11 Å². The van der Waals surface area contributed by atoms with Gasteiger partial charge in [0, 0.05) is 17.5 Å². The van der Waals surface area contributed by atoms with Gasteiger partial charge in [-0.15, -0.1) is 0 Å². The molecule has 1 aliphatic rings. The van der Waals surface area contributed by atoms with Crippen LogP contribution in [0.5, 0.6) is 0 Å².